The van der Waals surface area contributed by atoms with Crippen LogP contribution in [0.1, 0.15) is 25.7 Å². The number of rotatable bonds is 1. The molecule has 0 bridgehead atoms. The van der Waals surface area contributed by atoms with Crippen molar-refractivity contribution < 1.29 is 9.63 Å². The predicted molar refractivity (Wildman–Crippen MR) is 55.0 cm³/mol. The van der Waals surface area contributed by atoms with Gasteiger partial charge in [-0.05, 0) is 19.3 Å². The van der Waals surface area contributed by atoms with Crippen molar-refractivity contribution in [1.82, 2.24) is 0 Å². The molecule has 0 radical (unpaired) electrons. The maximum absolute atomic E-state index is 11.4. The molecule has 2 N–H and O–H groups in total. The Morgan fingerprint density at radius 1 is 1.54 bits per heavy atom. The van der Waals surface area contributed by atoms with Gasteiger partial charge in [-0.3, -0.25) is 4.79 Å². The third-order valence-electron chi connectivity index (χ3n) is 2.96. The lowest BCUT2D eigenvalue weighted by Gasteiger charge is -2.26. The molecule has 13 heavy (non-hydrogen) atoms. The van der Waals surface area contributed by atoms with Crippen LogP contribution < -0.4 is 5.90 Å². The molecule has 2 rings (SSSR count). The van der Waals surface area contributed by atoms with E-state index in [1.54, 1.807) is 0 Å². The fourth-order valence-electron chi connectivity index (χ4n) is 2.27. The zero-order chi connectivity index (χ0) is 9.31. The summed E-state index contributed by atoms with van der Waals surface area (Å²) in [6.45, 7) is 0. The number of hydrogen-bond donors (Lipinski definition) is 1. The van der Waals surface area contributed by atoms with Gasteiger partial charge in [-0.1, -0.05) is 28.0 Å². The summed E-state index contributed by atoms with van der Waals surface area (Å²) in [5, 5.41) is 0. The summed E-state index contributed by atoms with van der Waals surface area (Å²) in [4.78, 5) is 15.8. The standard InChI is InChI=1S/C8H13NO2S2/c9-11-7(10)6-2-1-3-8(6)4-5-12-13-8/h6H,1-5,9H2. The van der Waals surface area contributed by atoms with Gasteiger partial charge in [0.15, 0.2) is 0 Å². The van der Waals surface area contributed by atoms with Crippen LogP contribution >= 0.6 is 21.6 Å². The van der Waals surface area contributed by atoms with Crippen molar-refractivity contribution in [3.05, 3.63) is 0 Å². The highest BCUT2D eigenvalue weighted by atomic mass is 33.1. The summed E-state index contributed by atoms with van der Waals surface area (Å²) in [5.41, 5.74) is 0. The van der Waals surface area contributed by atoms with Crippen LogP contribution in [0.15, 0.2) is 0 Å². The SMILES string of the molecule is NOC(=O)C1CCCC12CCSS2. The Labute approximate surface area is 85.5 Å². The van der Waals surface area contributed by atoms with Gasteiger partial charge in [-0.25, -0.2) is 0 Å². The molecular formula is C8H13NO2S2. The van der Waals surface area contributed by atoms with E-state index < -0.39 is 0 Å². The Morgan fingerprint density at radius 2 is 2.38 bits per heavy atom. The minimum Gasteiger partial charge on any atom is -0.373 e. The molecule has 0 amide bonds. The molecule has 2 fully saturated rings. The molecular weight excluding hydrogens is 206 g/mol. The van der Waals surface area contributed by atoms with E-state index in [1.165, 1.54) is 0 Å². The molecule has 3 nitrogen and oxygen atoms in total. The van der Waals surface area contributed by atoms with E-state index in [2.05, 4.69) is 4.84 Å². The van der Waals surface area contributed by atoms with E-state index in [1.807, 2.05) is 21.6 Å². The van der Waals surface area contributed by atoms with Crippen LogP contribution in [0.4, 0.5) is 0 Å². The Balaban J connectivity index is 2.13. The van der Waals surface area contributed by atoms with Gasteiger partial charge >= 0.3 is 5.97 Å². The predicted octanol–water partition coefficient (Wildman–Crippen LogP) is 1.73. The second-order valence-electron chi connectivity index (χ2n) is 3.60. The second-order valence-corrected chi connectivity index (χ2v) is 6.43. The molecule has 1 spiro atoms. The first-order valence-corrected chi connectivity index (χ1v) is 6.82. The first kappa shape index (κ1) is 9.68. The Bertz CT molecular complexity index is 211. The highest BCUT2D eigenvalue weighted by Crippen LogP contribution is 2.58. The summed E-state index contributed by atoms with van der Waals surface area (Å²) < 4.78 is 0.154. The zero-order valence-corrected chi connectivity index (χ0v) is 8.96. The van der Waals surface area contributed by atoms with Gasteiger partial charge in [0, 0.05) is 10.5 Å². The minimum atomic E-state index is -0.215. The number of hydrogen-bond acceptors (Lipinski definition) is 5. The normalized spacial score (nSPS) is 38.4. The van der Waals surface area contributed by atoms with E-state index in [4.69, 9.17) is 5.90 Å². The lowest BCUT2D eigenvalue weighted by Crippen LogP contribution is -2.35. The van der Waals surface area contributed by atoms with E-state index in [9.17, 15) is 4.79 Å². The highest BCUT2D eigenvalue weighted by molar-refractivity contribution is 8.77. The molecule has 1 aliphatic carbocycles. The van der Waals surface area contributed by atoms with Crippen LogP contribution in [0.5, 0.6) is 0 Å². The van der Waals surface area contributed by atoms with Crippen molar-refractivity contribution in [2.75, 3.05) is 5.75 Å². The second kappa shape index (κ2) is 3.71. The molecule has 1 saturated carbocycles. The fraction of sp³-hybridized carbons (Fsp3) is 0.875. The molecule has 1 aliphatic heterocycles. The van der Waals surface area contributed by atoms with Crippen LogP contribution in [-0.2, 0) is 9.63 Å². The average Bonchev–Trinajstić information content (AvgIpc) is 2.76. The zero-order valence-electron chi connectivity index (χ0n) is 7.32. The molecule has 5 heteroatoms. The Morgan fingerprint density at radius 3 is 3.00 bits per heavy atom. The van der Waals surface area contributed by atoms with Crippen LogP contribution in [-0.4, -0.2) is 16.5 Å². The first-order chi connectivity index (χ1) is 6.28. The Hall–Kier alpha value is 0.130. The molecule has 2 unspecified atom stereocenters. The number of nitrogens with two attached hydrogens (primary N) is 1. The molecule has 0 aromatic rings. The molecule has 74 valence electrons. The maximum Gasteiger partial charge on any atom is 0.328 e. The molecule has 2 atom stereocenters. The van der Waals surface area contributed by atoms with Crippen molar-refractivity contribution in [3.63, 3.8) is 0 Å². The molecule has 1 saturated heterocycles. The summed E-state index contributed by atoms with van der Waals surface area (Å²) in [6.07, 6.45) is 4.35. The topological polar surface area (TPSA) is 52.3 Å². The quantitative estimate of drug-likeness (QED) is 0.537. The molecule has 0 aromatic heterocycles. The smallest absolute Gasteiger partial charge is 0.328 e. The third kappa shape index (κ3) is 1.57. The van der Waals surface area contributed by atoms with E-state index in [0.29, 0.717) is 0 Å². The van der Waals surface area contributed by atoms with E-state index in [0.717, 1.165) is 31.4 Å². The van der Waals surface area contributed by atoms with Gasteiger partial charge in [0.25, 0.3) is 0 Å². The van der Waals surface area contributed by atoms with Gasteiger partial charge < -0.3 is 4.84 Å². The minimum absolute atomic E-state index is 0.0394. The third-order valence-corrected chi connectivity index (χ3v) is 6.32. The van der Waals surface area contributed by atoms with E-state index in [-0.39, 0.29) is 16.6 Å². The summed E-state index contributed by atoms with van der Waals surface area (Å²) in [7, 11) is 3.73. The lowest BCUT2D eigenvalue weighted by atomic mass is 9.92. The Kier molecular flexibility index (Phi) is 2.76. The summed E-state index contributed by atoms with van der Waals surface area (Å²) in [6, 6.07) is 0. The molecule has 1 heterocycles. The molecule has 2 aliphatic rings. The monoisotopic (exact) mass is 219 g/mol. The van der Waals surface area contributed by atoms with Gasteiger partial charge in [-0.2, -0.15) is 5.90 Å². The van der Waals surface area contributed by atoms with Gasteiger partial charge in [-0.15, -0.1) is 0 Å². The van der Waals surface area contributed by atoms with Crippen molar-refractivity contribution in [2.24, 2.45) is 11.8 Å². The largest absolute Gasteiger partial charge is 0.373 e. The van der Waals surface area contributed by atoms with Crippen LogP contribution in [0.3, 0.4) is 0 Å². The highest BCUT2D eigenvalue weighted by Gasteiger charge is 2.50. The van der Waals surface area contributed by atoms with Crippen LogP contribution in [0, 0.1) is 5.92 Å². The lowest BCUT2D eigenvalue weighted by molar-refractivity contribution is -0.149. The fourth-order valence-corrected chi connectivity index (χ4v) is 5.96. The summed E-state index contributed by atoms with van der Waals surface area (Å²) >= 11 is 0. The van der Waals surface area contributed by atoms with Gasteiger partial charge in [0.1, 0.15) is 0 Å². The van der Waals surface area contributed by atoms with Crippen molar-refractivity contribution in [3.8, 4) is 0 Å². The number of carbonyl (C=O) groups excluding carboxylic acids is 1. The van der Waals surface area contributed by atoms with Gasteiger partial charge in [0.2, 0.25) is 0 Å². The van der Waals surface area contributed by atoms with Crippen molar-refractivity contribution in [1.29, 1.82) is 0 Å². The van der Waals surface area contributed by atoms with Crippen molar-refractivity contribution >= 4 is 27.6 Å². The number of carbonyl (C=O) groups is 1. The van der Waals surface area contributed by atoms with E-state index >= 15 is 0 Å². The molecule has 0 aromatic carbocycles. The van der Waals surface area contributed by atoms with Gasteiger partial charge in [0.05, 0.1) is 5.92 Å². The van der Waals surface area contributed by atoms with Crippen LogP contribution in [0.2, 0.25) is 0 Å². The van der Waals surface area contributed by atoms with Crippen molar-refractivity contribution in [2.45, 2.75) is 30.4 Å². The average molecular weight is 219 g/mol. The first-order valence-electron chi connectivity index (χ1n) is 4.50. The summed E-state index contributed by atoms with van der Waals surface area (Å²) in [5.74, 6) is 5.91. The van der Waals surface area contributed by atoms with Crippen LogP contribution in [0.25, 0.3) is 0 Å². The maximum atomic E-state index is 11.4.